The fourth-order valence-electron chi connectivity index (χ4n) is 1.19. The minimum absolute atomic E-state index is 1.25. The molecule has 1 nitrogen and oxygen atoms in total. The molecular formula is C6H14F6NP. The maximum absolute atomic E-state index is 10.7. The van der Waals surface area contributed by atoms with Crippen LogP contribution in [0.4, 0.5) is 25.2 Å². The Hall–Kier alpha value is -0.0300. The standard InChI is InChI=1S/C6H14N.F6P/c1-7(2)5-3-4-6-7;1-7(2,3,4,5)6/h3-6H2,1-2H3;/q+1;-1. The average molecular weight is 245 g/mol. The number of halogens is 6. The molecule has 1 saturated heterocycles. The molecular weight excluding hydrogens is 231 g/mol. The van der Waals surface area contributed by atoms with E-state index in [0.29, 0.717) is 0 Å². The second-order valence-corrected chi connectivity index (χ2v) is 5.96. The summed E-state index contributed by atoms with van der Waals surface area (Å²) in [4.78, 5) is 0. The first-order chi connectivity index (χ1) is 5.66. The zero-order valence-corrected chi connectivity index (χ0v) is 8.89. The third-order valence-electron chi connectivity index (χ3n) is 1.78. The summed E-state index contributed by atoms with van der Waals surface area (Å²) in [5.74, 6) is 0. The van der Waals surface area contributed by atoms with Crippen LogP contribution in [0.25, 0.3) is 0 Å². The van der Waals surface area contributed by atoms with Gasteiger partial charge in [0, 0.05) is 12.8 Å². The first-order valence-corrected chi connectivity index (χ1v) is 6.07. The van der Waals surface area contributed by atoms with Crippen molar-refractivity contribution in [3.63, 3.8) is 0 Å². The predicted molar refractivity (Wildman–Crippen MR) is 44.6 cm³/mol. The SMILES string of the molecule is C[N+]1(C)CCCC1.F[P-](F)(F)(F)(F)F. The summed E-state index contributed by atoms with van der Waals surface area (Å²) in [6.45, 7) is 2.78. The van der Waals surface area contributed by atoms with Gasteiger partial charge in [-0.05, 0) is 0 Å². The van der Waals surface area contributed by atoms with E-state index in [-0.39, 0.29) is 0 Å². The van der Waals surface area contributed by atoms with Crippen LogP contribution >= 0.6 is 7.81 Å². The van der Waals surface area contributed by atoms with E-state index in [2.05, 4.69) is 14.1 Å². The van der Waals surface area contributed by atoms with Crippen LogP contribution in [0.2, 0.25) is 0 Å². The van der Waals surface area contributed by atoms with Crippen molar-refractivity contribution in [2.24, 2.45) is 0 Å². The van der Waals surface area contributed by atoms with Crippen molar-refractivity contribution in [2.75, 3.05) is 27.2 Å². The molecule has 0 N–H and O–H groups in total. The summed E-state index contributed by atoms with van der Waals surface area (Å²) in [7, 11) is -6.06. The molecule has 8 heteroatoms. The van der Waals surface area contributed by atoms with Crippen LogP contribution in [0.3, 0.4) is 0 Å². The van der Waals surface area contributed by atoms with Crippen LogP contribution in [0.1, 0.15) is 12.8 Å². The van der Waals surface area contributed by atoms with Crippen LogP contribution in [-0.2, 0) is 0 Å². The third-order valence-corrected chi connectivity index (χ3v) is 1.78. The van der Waals surface area contributed by atoms with Crippen LogP contribution in [0.5, 0.6) is 0 Å². The van der Waals surface area contributed by atoms with Gasteiger partial charge in [0.25, 0.3) is 0 Å². The second-order valence-electron chi connectivity index (χ2n) is 4.05. The van der Waals surface area contributed by atoms with Gasteiger partial charge in [-0.3, -0.25) is 0 Å². The van der Waals surface area contributed by atoms with Crippen molar-refractivity contribution in [2.45, 2.75) is 12.8 Å². The van der Waals surface area contributed by atoms with Gasteiger partial charge in [-0.25, -0.2) is 0 Å². The van der Waals surface area contributed by atoms with Crippen molar-refractivity contribution in [1.29, 1.82) is 0 Å². The molecule has 0 aromatic carbocycles. The van der Waals surface area contributed by atoms with E-state index in [0.717, 1.165) is 0 Å². The molecule has 1 fully saturated rings. The molecule has 0 unspecified atom stereocenters. The average Bonchev–Trinajstić information content (AvgIpc) is 2.03. The molecule has 0 aliphatic carbocycles. The Morgan fingerprint density at radius 2 is 1.00 bits per heavy atom. The van der Waals surface area contributed by atoms with Crippen molar-refractivity contribution in [3.05, 3.63) is 0 Å². The number of nitrogens with zero attached hydrogens (tertiary/aromatic N) is 1. The third kappa shape index (κ3) is 17.9. The Morgan fingerprint density at radius 1 is 0.786 bits per heavy atom. The first kappa shape index (κ1) is 14.0. The van der Waals surface area contributed by atoms with Crippen LogP contribution < -0.4 is 0 Å². The molecule has 0 aromatic rings. The van der Waals surface area contributed by atoms with Gasteiger partial charge < -0.3 is 4.48 Å². The number of hydrogen-bond donors (Lipinski definition) is 0. The van der Waals surface area contributed by atoms with Crippen molar-refractivity contribution in [3.8, 4) is 0 Å². The summed E-state index contributed by atoms with van der Waals surface area (Å²) in [5.41, 5.74) is 0. The molecule has 0 aromatic heterocycles. The monoisotopic (exact) mass is 245 g/mol. The molecule has 0 atom stereocenters. The zero-order valence-electron chi connectivity index (χ0n) is 7.99. The Balaban J connectivity index is 0.000000241. The summed E-state index contributed by atoms with van der Waals surface area (Å²) >= 11 is 0. The molecule has 90 valence electrons. The van der Waals surface area contributed by atoms with Gasteiger partial charge in [0.1, 0.15) is 0 Å². The fraction of sp³-hybridized carbons (Fsp3) is 1.00. The van der Waals surface area contributed by atoms with Crippen LogP contribution in [-0.4, -0.2) is 31.7 Å². The summed E-state index contributed by atoms with van der Waals surface area (Å²) < 4.78 is 60.4. The molecule has 0 bridgehead atoms. The molecule has 1 rings (SSSR count). The van der Waals surface area contributed by atoms with Crippen LogP contribution in [0.15, 0.2) is 0 Å². The topological polar surface area (TPSA) is 0 Å². The van der Waals surface area contributed by atoms with E-state index in [1.165, 1.54) is 30.4 Å². The molecule has 0 spiro atoms. The molecule has 1 aliphatic heterocycles. The van der Waals surface area contributed by atoms with Crippen LogP contribution in [0, 0.1) is 0 Å². The molecule has 1 aliphatic rings. The van der Waals surface area contributed by atoms with E-state index in [4.69, 9.17) is 0 Å². The van der Waals surface area contributed by atoms with Gasteiger partial charge in [-0.2, -0.15) is 0 Å². The zero-order chi connectivity index (χ0) is 11.7. The quantitative estimate of drug-likeness (QED) is 0.340. The molecule has 14 heavy (non-hydrogen) atoms. The van der Waals surface area contributed by atoms with E-state index in [1.54, 1.807) is 0 Å². The Labute approximate surface area is 78.5 Å². The van der Waals surface area contributed by atoms with Crippen molar-refractivity contribution >= 4 is 7.81 Å². The molecule has 0 saturated carbocycles. The van der Waals surface area contributed by atoms with Crippen molar-refractivity contribution < 1.29 is 29.7 Å². The Kier molecular flexibility index (Phi) is 2.97. The number of quaternary nitrogens is 1. The fourth-order valence-corrected chi connectivity index (χ4v) is 1.19. The van der Waals surface area contributed by atoms with Gasteiger partial charge in [0.05, 0.1) is 27.2 Å². The van der Waals surface area contributed by atoms with E-state index in [1.807, 2.05) is 0 Å². The van der Waals surface area contributed by atoms with E-state index in [9.17, 15) is 25.2 Å². The second kappa shape index (κ2) is 2.98. The van der Waals surface area contributed by atoms with Gasteiger partial charge in [0.15, 0.2) is 0 Å². The molecule has 0 radical (unpaired) electrons. The summed E-state index contributed by atoms with van der Waals surface area (Å²) in [6, 6.07) is 0. The normalized spacial score (nSPS) is 25.7. The van der Waals surface area contributed by atoms with E-state index >= 15 is 0 Å². The van der Waals surface area contributed by atoms with Crippen molar-refractivity contribution in [1.82, 2.24) is 0 Å². The molecule has 0 amide bonds. The van der Waals surface area contributed by atoms with Gasteiger partial charge >= 0.3 is 33.0 Å². The first-order valence-electron chi connectivity index (χ1n) is 4.04. The molecule has 1 heterocycles. The Bertz CT molecular complexity index is 184. The van der Waals surface area contributed by atoms with Gasteiger partial charge in [-0.15, -0.1) is 0 Å². The Morgan fingerprint density at radius 3 is 1.07 bits per heavy atom. The van der Waals surface area contributed by atoms with E-state index < -0.39 is 7.81 Å². The number of likely N-dealkylation sites (tertiary alicyclic amines) is 1. The summed E-state index contributed by atoms with van der Waals surface area (Å²) in [5, 5.41) is 0. The minimum atomic E-state index is -10.7. The maximum atomic E-state index is 9.87. The predicted octanol–water partition coefficient (Wildman–Crippen LogP) is 4.24. The van der Waals surface area contributed by atoms with Gasteiger partial charge in [-0.1, -0.05) is 0 Å². The number of rotatable bonds is 0. The van der Waals surface area contributed by atoms with Gasteiger partial charge in [0.2, 0.25) is 0 Å². The number of hydrogen-bond acceptors (Lipinski definition) is 0. The summed E-state index contributed by atoms with van der Waals surface area (Å²) in [6.07, 6.45) is 2.88.